The molecule has 0 amide bonds. The first-order chi connectivity index (χ1) is 6.13. The number of rotatable bonds is 4. The maximum absolute atomic E-state index is 5.49. The molecule has 0 saturated carbocycles. The second kappa shape index (κ2) is 4.23. The predicted octanol–water partition coefficient (Wildman–Crippen LogP) is 0.273. The maximum Gasteiger partial charge on any atom is 0.265 e. The van der Waals surface area contributed by atoms with E-state index in [1.165, 1.54) is 0 Å². The number of aromatic nitrogens is 2. The van der Waals surface area contributed by atoms with Crippen molar-refractivity contribution in [3.05, 3.63) is 5.89 Å². The molecule has 5 heteroatoms. The van der Waals surface area contributed by atoms with Crippen LogP contribution in [0.1, 0.15) is 12.8 Å². The first-order valence-corrected chi connectivity index (χ1v) is 4.33. The molecule has 1 atom stereocenters. The average Bonchev–Trinajstić information content (AvgIpc) is 2.52. The van der Waals surface area contributed by atoms with E-state index in [0.29, 0.717) is 24.3 Å². The van der Waals surface area contributed by atoms with Crippen LogP contribution in [0.4, 0.5) is 5.95 Å². The van der Waals surface area contributed by atoms with Crippen molar-refractivity contribution in [3.8, 4) is 0 Å². The number of nitrogens with zero attached hydrogens (tertiary/aromatic N) is 3. The lowest BCUT2D eigenvalue weighted by molar-refractivity contribution is 0.359. The number of hydrogen-bond donors (Lipinski definition) is 1. The fourth-order valence-corrected chi connectivity index (χ4v) is 0.892. The third-order valence-corrected chi connectivity index (χ3v) is 1.78. The van der Waals surface area contributed by atoms with Crippen LogP contribution in [0.15, 0.2) is 4.52 Å². The van der Waals surface area contributed by atoms with Crippen molar-refractivity contribution in [2.45, 2.75) is 13.3 Å². The number of nitrogens with two attached hydrogens (primary N) is 1. The van der Waals surface area contributed by atoms with E-state index >= 15 is 0 Å². The van der Waals surface area contributed by atoms with Crippen LogP contribution >= 0.6 is 0 Å². The molecule has 74 valence electrons. The minimum absolute atomic E-state index is 0.385. The number of hydrogen-bond acceptors (Lipinski definition) is 5. The summed E-state index contributed by atoms with van der Waals surface area (Å²) in [5.74, 6) is 1.65. The van der Waals surface area contributed by atoms with Gasteiger partial charge in [0, 0.05) is 20.5 Å². The molecule has 0 aromatic carbocycles. The van der Waals surface area contributed by atoms with Gasteiger partial charge in [-0.15, -0.1) is 0 Å². The Morgan fingerprint density at radius 1 is 1.54 bits per heavy atom. The van der Waals surface area contributed by atoms with Crippen LogP contribution in [0.25, 0.3) is 0 Å². The normalized spacial score (nSPS) is 12.9. The van der Waals surface area contributed by atoms with E-state index in [1.54, 1.807) is 4.90 Å². The lowest BCUT2D eigenvalue weighted by Crippen LogP contribution is -2.13. The van der Waals surface area contributed by atoms with Crippen molar-refractivity contribution >= 4 is 5.95 Å². The fourth-order valence-electron chi connectivity index (χ4n) is 0.892. The smallest absolute Gasteiger partial charge is 0.265 e. The highest BCUT2D eigenvalue weighted by Crippen LogP contribution is 2.09. The van der Waals surface area contributed by atoms with Crippen molar-refractivity contribution in [2.24, 2.45) is 11.7 Å². The number of anilines is 1. The van der Waals surface area contributed by atoms with Gasteiger partial charge < -0.3 is 15.2 Å². The fraction of sp³-hybridized carbons (Fsp3) is 0.750. The Morgan fingerprint density at radius 2 is 2.23 bits per heavy atom. The Labute approximate surface area is 77.9 Å². The molecular weight excluding hydrogens is 168 g/mol. The largest absolute Gasteiger partial charge is 0.344 e. The summed E-state index contributed by atoms with van der Waals surface area (Å²) < 4.78 is 5.04. The van der Waals surface area contributed by atoms with E-state index in [0.717, 1.165) is 6.42 Å². The Morgan fingerprint density at radius 3 is 2.69 bits per heavy atom. The van der Waals surface area contributed by atoms with Crippen LogP contribution < -0.4 is 10.6 Å². The zero-order valence-electron chi connectivity index (χ0n) is 8.32. The quantitative estimate of drug-likeness (QED) is 0.727. The van der Waals surface area contributed by atoms with E-state index in [2.05, 4.69) is 17.1 Å². The minimum Gasteiger partial charge on any atom is -0.344 e. The highest BCUT2D eigenvalue weighted by Gasteiger charge is 2.10. The predicted molar refractivity (Wildman–Crippen MR) is 50.5 cm³/mol. The molecule has 0 radical (unpaired) electrons. The van der Waals surface area contributed by atoms with Gasteiger partial charge in [0.15, 0.2) is 0 Å². The highest BCUT2D eigenvalue weighted by atomic mass is 16.5. The maximum atomic E-state index is 5.49. The summed E-state index contributed by atoms with van der Waals surface area (Å²) in [5.41, 5.74) is 5.49. The summed E-state index contributed by atoms with van der Waals surface area (Å²) in [5, 5.41) is 3.80. The molecule has 0 aliphatic carbocycles. The van der Waals surface area contributed by atoms with Gasteiger partial charge in [-0.3, -0.25) is 0 Å². The van der Waals surface area contributed by atoms with Gasteiger partial charge in [-0.25, -0.2) is 0 Å². The summed E-state index contributed by atoms with van der Waals surface area (Å²) in [7, 11) is 3.75. The first kappa shape index (κ1) is 9.98. The van der Waals surface area contributed by atoms with Crippen molar-refractivity contribution in [1.29, 1.82) is 0 Å². The SMILES string of the molecule is CC(CN)Cc1nc(N(C)C)no1. The second-order valence-electron chi connectivity index (χ2n) is 3.43. The summed E-state index contributed by atoms with van der Waals surface area (Å²) in [6.07, 6.45) is 0.747. The lowest BCUT2D eigenvalue weighted by Gasteiger charge is -2.03. The molecule has 0 aliphatic rings. The van der Waals surface area contributed by atoms with Crippen LogP contribution in [0, 0.1) is 5.92 Å². The van der Waals surface area contributed by atoms with Gasteiger partial charge >= 0.3 is 0 Å². The first-order valence-electron chi connectivity index (χ1n) is 4.33. The molecule has 1 heterocycles. The van der Waals surface area contributed by atoms with Crippen LogP contribution in [0.3, 0.4) is 0 Å². The van der Waals surface area contributed by atoms with Gasteiger partial charge in [0.25, 0.3) is 5.95 Å². The summed E-state index contributed by atoms with van der Waals surface area (Å²) in [6, 6.07) is 0. The van der Waals surface area contributed by atoms with Crippen LogP contribution in [-0.4, -0.2) is 30.8 Å². The molecule has 1 aromatic rings. The zero-order valence-corrected chi connectivity index (χ0v) is 8.32. The Balaban J connectivity index is 2.58. The van der Waals surface area contributed by atoms with Gasteiger partial charge in [-0.1, -0.05) is 6.92 Å². The molecule has 1 unspecified atom stereocenters. The topological polar surface area (TPSA) is 68.2 Å². The van der Waals surface area contributed by atoms with Crippen molar-refractivity contribution in [2.75, 3.05) is 25.5 Å². The van der Waals surface area contributed by atoms with Crippen molar-refractivity contribution in [3.63, 3.8) is 0 Å². The van der Waals surface area contributed by atoms with E-state index in [4.69, 9.17) is 10.3 Å². The third-order valence-electron chi connectivity index (χ3n) is 1.78. The monoisotopic (exact) mass is 184 g/mol. The Bertz CT molecular complexity index is 258. The second-order valence-corrected chi connectivity index (χ2v) is 3.43. The standard InChI is InChI=1S/C8H16N4O/c1-6(5-9)4-7-10-8(11-13-7)12(2)3/h6H,4-5,9H2,1-3H3. The van der Waals surface area contributed by atoms with Crippen LogP contribution in [-0.2, 0) is 6.42 Å². The zero-order chi connectivity index (χ0) is 9.84. The Kier molecular flexibility index (Phi) is 3.25. The molecule has 5 nitrogen and oxygen atoms in total. The lowest BCUT2D eigenvalue weighted by atomic mass is 10.1. The summed E-state index contributed by atoms with van der Waals surface area (Å²) in [6.45, 7) is 2.69. The van der Waals surface area contributed by atoms with Crippen molar-refractivity contribution in [1.82, 2.24) is 10.1 Å². The highest BCUT2D eigenvalue weighted by molar-refractivity contribution is 5.23. The van der Waals surface area contributed by atoms with Gasteiger partial charge in [0.05, 0.1) is 0 Å². The summed E-state index contributed by atoms with van der Waals surface area (Å²) in [4.78, 5) is 6.00. The molecule has 0 spiro atoms. The molecule has 0 fully saturated rings. The van der Waals surface area contributed by atoms with E-state index in [-0.39, 0.29) is 0 Å². The molecular formula is C8H16N4O. The minimum atomic E-state index is 0.385. The van der Waals surface area contributed by atoms with Crippen molar-refractivity contribution < 1.29 is 4.52 Å². The molecule has 13 heavy (non-hydrogen) atoms. The van der Waals surface area contributed by atoms with Gasteiger partial charge in [0.2, 0.25) is 5.89 Å². The molecule has 1 rings (SSSR count). The summed E-state index contributed by atoms with van der Waals surface area (Å²) >= 11 is 0. The average molecular weight is 184 g/mol. The Hall–Kier alpha value is -1.10. The molecule has 1 aromatic heterocycles. The van der Waals surface area contributed by atoms with Crippen LogP contribution in [0.5, 0.6) is 0 Å². The van der Waals surface area contributed by atoms with E-state index < -0.39 is 0 Å². The van der Waals surface area contributed by atoms with Gasteiger partial charge in [0.1, 0.15) is 0 Å². The molecule has 0 aliphatic heterocycles. The van der Waals surface area contributed by atoms with E-state index in [1.807, 2.05) is 14.1 Å². The molecule has 0 bridgehead atoms. The molecule has 0 saturated heterocycles. The van der Waals surface area contributed by atoms with Crippen LogP contribution in [0.2, 0.25) is 0 Å². The molecule has 2 N–H and O–H groups in total. The van der Waals surface area contributed by atoms with Gasteiger partial charge in [-0.05, 0) is 17.6 Å². The third kappa shape index (κ3) is 2.69. The van der Waals surface area contributed by atoms with Gasteiger partial charge in [-0.2, -0.15) is 4.98 Å². The van der Waals surface area contributed by atoms with E-state index in [9.17, 15) is 0 Å².